The van der Waals surface area contributed by atoms with E-state index in [-0.39, 0.29) is 29.8 Å². The van der Waals surface area contributed by atoms with Crippen molar-refractivity contribution < 1.29 is 19.1 Å². The van der Waals surface area contributed by atoms with E-state index in [0.717, 1.165) is 0 Å². The molecule has 0 bridgehead atoms. The molecule has 0 saturated carbocycles. The van der Waals surface area contributed by atoms with Crippen molar-refractivity contribution in [3.8, 4) is 0 Å². The van der Waals surface area contributed by atoms with Crippen LogP contribution in [0.1, 0.15) is 43.5 Å². The van der Waals surface area contributed by atoms with E-state index in [1.165, 1.54) is 12.5 Å². The van der Waals surface area contributed by atoms with Crippen LogP contribution in [-0.2, 0) is 4.79 Å². The highest BCUT2D eigenvalue weighted by molar-refractivity contribution is 5.94. The third kappa shape index (κ3) is 4.82. The molecule has 2 amide bonds. The molecule has 2 N–H and O–H groups in total. The van der Waals surface area contributed by atoms with Crippen molar-refractivity contribution in [2.75, 3.05) is 19.6 Å². The number of amides is 2. The molecule has 6 heteroatoms. The van der Waals surface area contributed by atoms with E-state index in [1.807, 2.05) is 13.8 Å². The Bertz CT molecular complexity index is 505. The van der Waals surface area contributed by atoms with Crippen molar-refractivity contribution in [3.63, 3.8) is 0 Å². The number of nitrogens with zero attached hydrogens (tertiary/aromatic N) is 1. The molecule has 0 aromatic carbocycles. The number of rotatable bonds is 6. The summed E-state index contributed by atoms with van der Waals surface area (Å²) in [6, 6.07) is 1.65. The van der Waals surface area contributed by atoms with Crippen molar-refractivity contribution in [1.82, 2.24) is 10.2 Å². The molecular weight excluding hydrogens is 296 g/mol. The fourth-order valence-corrected chi connectivity index (χ4v) is 2.73. The number of nitrogens with one attached hydrogen (secondary N) is 1. The summed E-state index contributed by atoms with van der Waals surface area (Å²) in [4.78, 5) is 26.1. The first kappa shape index (κ1) is 17.5. The lowest BCUT2D eigenvalue weighted by Gasteiger charge is -2.31. The second-order valence-electron chi connectivity index (χ2n) is 6.47. The van der Waals surface area contributed by atoms with Gasteiger partial charge in [0.25, 0.3) is 5.91 Å². The van der Waals surface area contributed by atoms with Crippen molar-refractivity contribution in [3.05, 3.63) is 24.2 Å². The zero-order valence-electron chi connectivity index (χ0n) is 13.8. The van der Waals surface area contributed by atoms with Crippen LogP contribution in [0.2, 0.25) is 0 Å². The lowest BCUT2D eigenvalue weighted by atomic mass is 9.95. The van der Waals surface area contributed by atoms with Crippen LogP contribution in [0.3, 0.4) is 0 Å². The Morgan fingerprint density at radius 3 is 2.65 bits per heavy atom. The van der Waals surface area contributed by atoms with Gasteiger partial charge >= 0.3 is 0 Å². The summed E-state index contributed by atoms with van der Waals surface area (Å²) < 4.78 is 4.93. The number of hydrogen-bond acceptors (Lipinski definition) is 4. The highest BCUT2D eigenvalue weighted by atomic mass is 16.3. The molecule has 6 nitrogen and oxygen atoms in total. The molecule has 0 aliphatic carbocycles. The van der Waals surface area contributed by atoms with Gasteiger partial charge in [-0.2, -0.15) is 0 Å². The number of piperidine rings is 1. The van der Waals surface area contributed by atoms with Crippen molar-refractivity contribution in [2.45, 2.75) is 39.2 Å². The van der Waals surface area contributed by atoms with Crippen molar-refractivity contribution in [1.29, 1.82) is 0 Å². The van der Waals surface area contributed by atoms with E-state index in [1.54, 1.807) is 11.0 Å². The van der Waals surface area contributed by atoms with E-state index in [4.69, 9.17) is 4.42 Å². The minimum absolute atomic E-state index is 0.0244. The van der Waals surface area contributed by atoms with Crippen LogP contribution < -0.4 is 5.32 Å². The Hall–Kier alpha value is -1.82. The smallest absolute Gasteiger partial charge is 0.257 e. The summed E-state index contributed by atoms with van der Waals surface area (Å²) in [6.07, 6.45) is 4.45. The van der Waals surface area contributed by atoms with Gasteiger partial charge in [0.1, 0.15) is 6.26 Å². The second-order valence-corrected chi connectivity index (χ2v) is 6.47. The molecule has 1 saturated heterocycles. The highest BCUT2D eigenvalue weighted by Crippen LogP contribution is 2.19. The Labute approximate surface area is 136 Å². The van der Waals surface area contributed by atoms with E-state index >= 15 is 0 Å². The summed E-state index contributed by atoms with van der Waals surface area (Å²) in [5, 5.41) is 12.6. The predicted octanol–water partition coefficient (Wildman–Crippen LogP) is 1.65. The zero-order valence-corrected chi connectivity index (χ0v) is 13.8. The van der Waals surface area contributed by atoms with Crippen LogP contribution in [0, 0.1) is 11.8 Å². The number of carbonyl (C=O) groups is 2. The average Bonchev–Trinajstić information content (AvgIpc) is 3.08. The Balaban J connectivity index is 1.71. The summed E-state index contributed by atoms with van der Waals surface area (Å²) in [5.41, 5.74) is 0.551. The number of aliphatic hydroxyl groups is 1. The third-order valence-corrected chi connectivity index (χ3v) is 4.43. The molecule has 0 spiro atoms. The van der Waals surface area contributed by atoms with Gasteiger partial charge in [-0.1, -0.05) is 13.8 Å². The van der Waals surface area contributed by atoms with Crippen molar-refractivity contribution in [2.24, 2.45) is 11.8 Å². The molecule has 1 atom stereocenters. The molecule has 0 radical (unpaired) electrons. The van der Waals surface area contributed by atoms with Crippen LogP contribution >= 0.6 is 0 Å². The van der Waals surface area contributed by atoms with Gasteiger partial charge in [0.05, 0.1) is 17.9 Å². The molecule has 1 aromatic rings. The molecule has 1 fully saturated rings. The van der Waals surface area contributed by atoms with Gasteiger partial charge in [0.15, 0.2) is 0 Å². The molecular formula is C17H26N2O4. The third-order valence-electron chi connectivity index (χ3n) is 4.43. The normalized spacial score (nSPS) is 17.3. The lowest BCUT2D eigenvalue weighted by Crippen LogP contribution is -2.43. The van der Waals surface area contributed by atoms with Gasteiger partial charge < -0.3 is 19.7 Å². The first-order chi connectivity index (χ1) is 11.0. The Morgan fingerprint density at radius 1 is 1.39 bits per heavy atom. The van der Waals surface area contributed by atoms with Crippen LogP contribution in [-0.4, -0.2) is 47.6 Å². The summed E-state index contributed by atoms with van der Waals surface area (Å²) >= 11 is 0. The van der Waals surface area contributed by atoms with Gasteiger partial charge in [-0.15, -0.1) is 0 Å². The molecule has 1 aliphatic rings. The number of hydrogen-bond donors (Lipinski definition) is 2. The van der Waals surface area contributed by atoms with Gasteiger partial charge in [-0.05, 0) is 31.2 Å². The van der Waals surface area contributed by atoms with Crippen LogP contribution in [0.5, 0.6) is 0 Å². The maximum atomic E-state index is 12.2. The fraction of sp³-hybridized carbons (Fsp3) is 0.647. The summed E-state index contributed by atoms with van der Waals surface area (Å²) in [5.74, 6) is 0.123. The Kier molecular flexibility index (Phi) is 6.21. The number of likely N-dealkylation sites (tertiary alicyclic amines) is 1. The molecule has 23 heavy (non-hydrogen) atoms. The van der Waals surface area contributed by atoms with E-state index in [2.05, 4.69) is 5.32 Å². The fourth-order valence-electron chi connectivity index (χ4n) is 2.73. The largest absolute Gasteiger partial charge is 0.472 e. The standard InChI is InChI=1S/C17H26N2O4/c1-12(2)15(20)3-7-18-16(21)13-4-8-19(9-5-13)17(22)14-6-10-23-11-14/h6,10-13,15,20H,3-5,7-9H2,1-2H3,(H,18,21). The number of aliphatic hydroxyl groups excluding tert-OH is 1. The Morgan fingerprint density at radius 2 is 2.09 bits per heavy atom. The average molecular weight is 322 g/mol. The SMILES string of the molecule is CC(C)C(O)CCNC(=O)C1CCN(C(=O)c2ccoc2)CC1. The van der Waals surface area contributed by atoms with Crippen LogP contribution in [0.4, 0.5) is 0 Å². The predicted molar refractivity (Wildman–Crippen MR) is 85.8 cm³/mol. The van der Waals surface area contributed by atoms with Gasteiger partial charge in [-0.3, -0.25) is 9.59 Å². The van der Waals surface area contributed by atoms with Gasteiger partial charge in [0.2, 0.25) is 5.91 Å². The molecule has 128 valence electrons. The summed E-state index contributed by atoms with van der Waals surface area (Å²) in [6.45, 7) is 5.57. The monoisotopic (exact) mass is 322 g/mol. The number of furan rings is 1. The van der Waals surface area contributed by atoms with E-state index in [0.29, 0.717) is 44.5 Å². The topological polar surface area (TPSA) is 82.8 Å². The lowest BCUT2D eigenvalue weighted by molar-refractivity contribution is -0.126. The molecule has 1 unspecified atom stereocenters. The maximum Gasteiger partial charge on any atom is 0.257 e. The van der Waals surface area contributed by atoms with Crippen LogP contribution in [0.15, 0.2) is 23.0 Å². The molecule has 2 heterocycles. The maximum absolute atomic E-state index is 12.2. The number of carbonyl (C=O) groups excluding carboxylic acids is 2. The highest BCUT2D eigenvalue weighted by Gasteiger charge is 2.28. The first-order valence-electron chi connectivity index (χ1n) is 8.26. The van der Waals surface area contributed by atoms with Gasteiger partial charge in [0, 0.05) is 25.6 Å². The minimum atomic E-state index is -0.385. The first-order valence-corrected chi connectivity index (χ1v) is 8.26. The zero-order chi connectivity index (χ0) is 16.8. The van der Waals surface area contributed by atoms with Gasteiger partial charge in [-0.25, -0.2) is 0 Å². The van der Waals surface area contributed by atoms with E-state index in [9.17, 15) is 14.7 Å². The minimum Gasteiger partial charge on any atom is -0.472 e. The van der Waals surface area contributed by atoms with E-state index < -0.39 is 0 Å². The molecule has 1 aliphatic heterocycles. The van der Waals surface area contributed by atoms with Crippen molar-refractivity contribution >= 4 is 11.8 Å². The molecule has 1 aromatic heterocycles. The second kappa shape index (κ2) is 8.15. The quantitative estimate of drug-likeness (QED) is 0.834. The summed E-state index contributed by atoms with van der Waals surface area (Å²) in [7, 11) is 0. The molecule has 2 rings (SSSR count). The van der Waals surface area contributed by atoms with Crippen LogP contribution in [0.25, 0.3) is 0 Å².